The highest BCUT2D eigenvalue weighted by Crippen LogP contribution is 2.42. The zero-order valence-electron chi connectivity index (χ0n) is 15.9. The van der Waals surface area contributed by atoms with Crippen molar-refractivity contribution in [3.63, 3.8) is 0 Å². The number of hydrogen-bond acceptors (Lipinski definition) is 4. The first-order chi connectivity index (χ1) is 13.7. The Morgan fingerprint density at radius 1 is 1.21 bits per heavy atom. The van der Waals surface area contributed by atoms with Crippen LogP contribution < -0.4 is 10.1 Å². The molecule has 1 amide bonds. The van der Waals surface area contributed by atoms with E-state index in [0.29, 0.717) is 38.7 Å². The molecule has 3 rings (SSSR count). The van der Waals surface area contributed by atoms with Gasteiger partial charge in [-0.15, -0.1) is 0 Å². The summed E-state index contributed by atoms with van der Waals surface area (Å²) in [4.78, 5) is 12.4. The minimum absolute atomic E-state index is 0.405. The molecular weight excluding hydrogens is 501 g/mol. The van der Waals surface area contributed by atoms with Crippen LogP contribution in [0.1, 0.15) is 32.3 Å². The summed E-state index contributed by atoms with van der Waals surface area (Å²) in [6.45, 7) is 4.15. The summed E-state index contributed by atoms with van der Waals surface area (Å²) >= 11 is 14.2. The molecule has 29 heavy (non-hydrogen) atoms. The number of fused-ring (bicyclic) bond motifs is 1. The van der Waals surface area contributed by atoms with Gasteiger partial charge in [0, 0.05) is 16.1 Å². The van der Waals surface area contributed by atoms with Gasteiger partial charge in [0.2, 0.25) is 0 Å². The predicted octanol–water partition coefficient (Wildman–Crippen LogP) is 6.52. The van der Waals surface area contributed by atoms with Crippen LogP contribution in [0, 0.1) is 0 Å². The number of carbonyl (C=O) groups is 1. The zero-order chi connectivity index (χ0) is 21.2. The molecule has 0 saturated heterocycles. The number of nitrogens with one attached hydrogen (secondary N) is 1. The Labute approximate surface area is 191 Å². The molecule has 0 saturated carbocycles. The van der Waals surface area contributed by atoms with E-state index in [0.717, 1.165) is 22.9 Å². The van der Waals surface area contributed by atoms with Crippen molar-refractivity contribution in [2.75, 3.05) is 17.7 Å². The van der Waals surface area contributed by atoms with Crippen molar-refractivity contribution in [1.29, 1.82) is 0 Å². The van der Waals surface area contributed by atoms with E-state index in [1.165, 1.54) is 0 Å². The number of hydrogen-bond donors (Lipinski definition) is 1. The SMILES string of the molecule is CC1(C)OC(=O)Nc2c(Br)cc(OCCCC[S+]([O-])c3ccc(Cl)c(Cl)c3)cc21. The second kappa shape index (κ2) is 9.35. The van der Waals surface area contributed by atoms with E-state index in [4.69, 9.17) is 32.7 Å². The predicted molar refractivity (Wildman–Crippen MR) is 120 cm³/mol. The average Bonchev–Trinajstić information content (AvgIpc) is 2.64. The first kappa shape index (κ1) is 22.6. The Balaban J connectivity index is 1.53. The number of ether oxygens (including phenoxy) is 2. The second-order valence-electron chi connectivity index (χ2n) is 7.03. The van der Waals surface area contributed by atoms with E-state index in [1.807, 2.05) is 26.0 Å². The average molecular weight is 521 g/mol. The van der Waals surface area contributed by atoms with Gasteiger partial charge in [-0.1, -0.05) is 23.2 Å². The molecule has 1 unspecified atom stereocenters. The Morgan fingerprint density at radius 3 is 2.69 bits per heavy atom. The number of carbonyl (C=O) groups excluding carboxylic acids is 1. The molecule has 1 aliphatic rings. The summed E-state index contributed by atoms with van der Waals surface area (Å²) < 4.78 is 24.3. The van der Waals surface area contributed by atoms with Crippen LogP contribution >= 0.6 is 39.1 Å². The minimum atomic E-state index is -1.13. The van der Waals surface area contributed by atoms with Crippen LogP contribution in [0.4, 0.5) is 10.5 Å². The second-order valence-corrected chi connectivity index (χ2v) is 10.3. The molecule has 156 valence electrons. The maximum Gasteiger partial charge on any atom is 0.412 e. The number of unbranched alkanes of at least 4 members (excludes halogenated alkanes) is 1. The molecule has 1 N–H and O–H groups in total. The van der Waals surface area contributed by atoms with Crippen LogP contribution in [-0.2, 0) is 21.5 Å². The monoisotopic (exact) mass is 519 g/mol. The number of benzene rings is 2. The van der Waals surface area contributed by atoms with E-state index < -0.39 is 22.9 Å². The molecule has 2 aromatic rings. The molecule has 0 aliphatic carbocycles. The Bertz CT molecular complexity index is 926. The number of anilines is 1. The molecule has 1 heterocycles. The van der Waals surface area contributed by atoms with Crippen LogP contribution in [0.15, 0.2) is 39.7 Å². The Hall–Kier alpha value is -1.12. The van der Waals surface area contributed by atoms with Crippen molar-refractivity contribution >= 4 is 62.1 Å². The topological polar surface area (TPSA) is 70.6 Å². The van der Waals surface area contributed by atoms with Gasteiger partial charge in [0.25, 0.3) is 0 Å². The molecule has 0 fully saturated rings. The van der Waals surface area contributed by atoms with Crippen molar-refractivity contribution in [2.45, 2.75) is 37.2 Å². The maximum atomic E-state index is 12.4. The molecule has 0 bridgehead atoms. The number of amides is 1. The van der Waals surface area contributed by atoms with Crippen molar-refractivity contribution in [1.82, 2.24) is 0 Å². The maximum absolute atomic E-state index is 12.4. The highest BCUT2D eigenvalue weighted by Gasteiger charge is 2.35. The van der Waals surface area contributed by atoms with Crippen molar-refractivity contribution < 1.29 is 18.8 Å². The molecule has 0 aromatic heterocycles. The van der Waals surface area contributed by atoms with Gasteiger partial charge in [-0.05, 0) is 78.1 Å². The van der Waals surface area contributed by atoms with Gasteiger partial charge in [0.1, 0.15) is 17.1 Å². The fourth-order valence-corrected chi connectivity index (χ4v) is 5.02. The first-order valence-electron chi connectivity index (χ1n) is 8.97. The van der Waals surface area contributed by atoms with Gasteiger partial charge in [-0.2, -0.15) is 0 Å². The van der Waals surface area contributed by atoms with Crippen LogP contribution in [0.3, 0.4) is 0 Å². The van der Waals surface area contributed by atoms with Crippen molar-refractivity contribution in [3.05, 3.63) is 50.4 Å². The Morgan fingerprint density at radius 2 is 1.97 bits per heavy atom. The zero-order valence-corrected chi connectivity index (χ0v) is 19.8. The lowest BCUT2D eigenvalue weighted by Crippen LogP contribution is -2.35. The highest BCUT2D eigenvalue weighted by atomic mass is 79.9. The van der Waals surface area contributed by atoms with E-state index >= 15 is 0 Å². The fraction of sp³-hybridized carbons (Fsp3) is 0.350. The number of rotatable bonds is 7. The van der Waals surface area contributed by atoms with Gasteiger partial charge in [0.05, 0.1) is 22.3 Å². The normalized spacial score (nSPS) is 15.9. The van der Waals surface area contributed by atoms with Crippen LogP contribution in [0.5, 0.6) is 5.75 Å². The van der Waals surface area contributed by atoms with E-state index in [2.05, 4.69) is 21.2 Å². The quantitative estimate of drug-likeness (QED) is 0.333. The smallest absolute Gasteiger partial charge is 0.412 e. The highest BCUT2D eigenvalue weighted by molar-refractivity contribution is 9.10. The first-order valence-corrected chi connectivity index (χ1v) is 11.8. The third kappa shape index (κ3) is 5.52. The van der Waals surface area contributed by atoms with Gasteiger partial charge in [-0.3, -0.25) is 5.32 Å². The number of cyclic esters (lactones) is 1. The van der Waals surface area contributed by atoms with Crippen molar-refractivity contribution in [2.24, 2.45) is 0 Å². The summed E-state index contributed by atoms with van der Waals surface area (Å²) in [5, 5.41) is 3.56. The molecule has 0 radical (unpaired) electrons. The van der Waals surface area contributed by atoms with Crippen LogP contribution in [-0.4, -0.2) is 23.0 Å². The largest absolute Gasteiger partial charge is 0.611 e. The van der Waals surface area contributed by atoms with Gasteiger partial charge in [-0.25, -0.2) is 4.79 Å². The molecule has 2 aromatic carbocycles. The summed E-state index contributed by atoms with van der Waals surface area (Å²) in [6, 6.07) is 8.71. The lowest BCUT2D eigenvalue weighted by Gasteiger charge is -2.33. The number of halogens is 3. The molecule has 1 atom stereocenters. The van der Waals surface area contributed by atoms with E-state index in [1.54, 1.807) is 18.2 Å². The van der Waals surface area contributed by atoms with Gasteiger partial charge < -0.3 is 14.0 Å². The third-order valence-electron chi connectivity index (χ3n) is 4.43. The molecule has 1 aliphatic heterocycles. The fourth-order valence-electron chi connectivity index (χ4n) is 2.94. The van der Waals surface area contributed by atoms with Gasteiger partial charge in [0.15, 0.2) is 4.90 Å². The standard InChI is InChI=1S/C20H20BrCl2NO4S/c1-20(2)14-9-12(10-15(21)18(14)24-19(25)28-20)27-7-3-4-8-29(26)13-5-6-16(22)17(23)11-13/h5-6,9-11H,3-4,7-8H2,1-2H3,(H,24,25). The van der Waals surface area contributed by atoms with Gasteiger partial charge >= 0.3 is 6.09 Å². The van der Waals surface area contributed by atoms with E-state index in [9.17, 15) is 9.35 Å². The summed E-state index contributed by atoms with van der Waals surface area (Å²) in [7, 11) is 0. The van der Waals surface area contributed by atoms with Crippen LogP contribution in [0.2, 0.25) is 10.0 Å². The summed E-state index contributed by atoms with van der Waals surface area (Å²) in [6.07, 6.45) is 1.01. The minimum Gasteiger partial charge on any atom is -0.611 e. The third-order valence-corrected chi connectivity index (χ3v) is 7.24. The molecule has 5 nitrogen and oxygen atoms in total. The Kier molecular flexibility index (Phi) is 7.27. The molecular formula is C20H20BrCl2NO4S. The molecule has 0 spiro atoms. The van der Waals surface area contributed by atoms with E-state index in [-0.39, 0.29) is 0 Å². The summed E-state index contributed by atoms with van der Waals surface area (Å²) in [5.41, 5.74) is 0.772. The van der Waals surface area contributed by atoms with Crippen molar-refractivity contribution in [3.8, 4) is 5.75 Å². The van der Waals surface area contributed by atoms with Crippen LogP contribution in [0.25, 0.3) is 0 Å². The lowest BCUT2D eigenvalue weighted by molar-refractivity contribution is 0.0417. The molecule has 9 heteroatoms. The summed E-state index contributed by atoms with van der Waals surface area (Å²) in [5.74, 6) is 1.19. The lowest BCUT2D eigenvalue weighted by atomic mass is 9.94.